The zero-order valence-corrected chi connectivity index (χ0v) is 14.2. The van der Waals surface area contributed by atoms with Crippen LogP contribution in [0.15, 0.2) is 42.5 Å². The van der Waals surface area contributed by atoms with Crippen molar-refractivity contribution in [3.63, 3.8) is 0 Å². The number of nitro groups is 1. The van der Waals surface area contributed by atoms with Crippen molar-refractivity contribution >= 4 is 35.0 Å². The quantitative estimate of drug-likeness (QED) is 0.249. The minimum absolute atomic E-state index is 0.0289. The number of benzene rings is 2. The summed E-state index contributed by atoms with van der Waals surface area (Å²) in [5, 5.41) is 10.7. The lowest BCUT2D eigenvalue weighted by molar-refractivity contribution is -0.384. The third-order valence-electron chi connectivity index (χ3n) is 3.15. The van der Waals surface area contributed by atoms with Crippen LogP contribution in [0.3, 0.4) is 0 Å². The average molecular weight is 378 g/mol. The first-order valence-corrected chi connectivity index (χ1v) is 7.58. The zero-order valence-electron chi connectivity index (χ0n) is 13.4. The number of non-ortho nitro benzene ring substituents is 1. The van der Waals surface area contributed by atoms with Crippen molar-refractivity contribution in [2.75, 3.05) is 6.61 Å². The molecule has 0 aliphatic rings. The molecule has 0 aliphatic carbocycles. The Labute approximate surface area is 152 Å². The van der Waals surface area contributed by atoms with Crippen LogP contribution >= 0.6 is 11.6 Å². The number of ketones is 1. The number of hydrogen-bond acceptors (Lipinski definition) is 7. The van der Waals surface area contributed by atoms with Gasteiger partial charge in [0.1, 0.15) is 5.75 Å². The molecule has 0 aromatic heterocycles. The van der Waals surface area contributed by atoms with E-state index in [4.69, 9.17) is 21.1 Å². The number of carbonyl (C=O) groups is 3. The standard InChI is InChI=1S/C17H12ClNO7/c1-10(20)26-13-5-2-11(3-6-13)16(21)9-25-17(22)14-8-12(19(23)24)4-7-15(14)18/h2-8H,9H2,1H3. The molecule has 0 spiro atoms. The first kappa shape index (κ1) is 19.1. The van der Waals surface area contributed by atoms with Crippen molar-refractivity contribution < 1.29 is 28.8 Å². The molecular formula is C17H12ClNO7. The number of ether oxygens (including phenoxy) is 2. The van der Waals surface area contributed by atoms with Gasteiger partial charge in [0.2, 0.25) is 0 Å². The highest BCUT2D eigenvalue weighted by molar-refractivity contribution is 6.33. The van der Waals surface area contributed by atoms with Gasteiger partial charge < -0.3 is 9.47 Å². The van der Waals surface area contributed by atoms with Crippen LogP contribution in [0.25, 0.3) is 0 Å². The third kappa shape index (κ3) is 4.87. The number of carbonyl (C=O) groups excluding carboxylic acids is 3. The second-order valence-corrected chi connectivity index (χ2v) is 5.45. The molecule has 0 N–H and O–H groups in total. The number of nitro benzene ring substituents is 1. The molecule has 0 bridgehead atoms. The first-order valence-electron chi connectivity index (χ1n) is 7.20. The number of rotatable bonds is 6. The van der Waals surface area contributed by atoms with Crippen LogP contribution in [0.2, 0.25) is 5.02 Å². The molecule has 0 saturated heterocycles. The molecule has 0 amide bonds. The average Bonchev–Trinajstić information content (AvgIpc) is 2.59. The molecule has 26 heavy (non-hydrogen) atoms. The summed E-state index contributed by atoms with van der Waals surface area (Å²) in [6.07, 6.45) is 0. The smallest absolute Gasteiger partial charge is 0.340 e. The molecular weight excluding hydrogens is 366 g/mol. The van der Waals surface area contributed by atoms with E-state index in [0.29, 0.717) is 0 Å². The lowest BCUT2D eigenvalue weighted by atomic mass is 10.1. The Morgan fingerprint density at radius 2 is 1.77 bits per heavy atom. The summed E-state index contributed by atoms with van der Waals surface area (Å²) in [5.74, 6) is -1.68. The van der Waals surface area contributed by atoms with Gasteiger partial charge in [0.25, 0.3) is 5.69 Å². The minimum Gasteiger partial charge on any atom is -0.454 e. The van der Waals surface area contributed by atoms with E-state index >= 15 is 0 Å². The van der Waals surface area contributed by atoms with Gasteiger partial charge in [-0.05, 0) is 30.3 Å². The molecule has 8 nitrogen and oxygen atoms in total. The molecule has 0 fully saturated rings. The molecule has 0 unspecified atom stereocenters. The Bertz CT molecular complexity index is 877. The van der Waals surface area contributed by atoms with Crippen LogP contribution in [0.5, 0.6) is 5.75 Å². The predicted molar refractivity (Wildman–Crippen MR) is 90.5 cm³/mol. The Morgan fingerprint density at radius 3 is 2.35 bits per heavy atom. The van der Waals surface area contributed by atoms with Crippen molar-refractivity contribution in [2.45, 2.75) is 6.92 Å². The summed E-state index contributed by atoms with van der Waals surface area (Å²) in [5.41, 5.74) is -0.300. The van der Waals surface area contributed by atoms with Crippen molar-refractivity contribution in [3.05, 3.63) is 68.7 Å². The van der Waals surface area contributed by atoms with Crippen LogP contribution in [-0.4, -0.2) is 29.3 Å². The van der Waals surface area contributed by atoms with Crippen LogP contribution < -0.4 is 4.74 Å². The minimum atomic E-state index is -0.955. The summed E-state index contributed by atoms with van der Waals surface area (Å²) < 4.78 is 9.72. The van der Waals surface area contributed by atoms with Gasteiger partial charge in [-0.1, -0.05) is 11.6 Å². The summed E-state index contributed by atoms with van der Waals surface area (Å²) >= 11 is 5.84. The molecule has 0 aliphatic heterocycles. The van der Waals surface area contributed by atoms with E-state index in [0.717, 1.165) is 12.1 Å². The second kappa shape index (κ2) is 8.21. The monoisotopic (exact) mass is 377 g/mol. The van der Waals surface area contributed by atoms with Crippen LogP contribution in [0, 0.1) is 10.1 Å². The summed E-state index contributed by atoms with van der Waals surface area (Å²) in [6, 6.07) is 9.00. The highest BCUT2D eigenvalue weighted by Gasteiger charge is 2.18. The highest BCUT2D eigenvalue weighted by Crippen LogP contribution is 2.23. The number of hydrogen-bond donors (Lipinski definition) is 0. The lowest BCUT2D eigenvalue weighted by Crippen LogP contribution is -2.15. The Balaban J connectivity index is 2.03. The van der Waals surface area contributed by atoms with E-state index in [1.54, 1.807) is 0 Å². The van der Waals surface area contributed by atoms with Gasteiger partial charge in [0, 0.05) is 24.6 Å². The second-order valence-electron chi connectivity index (χ2n) is 5.04. The van der Waals surface area contributed by atoms with Gasteiger partial charge >= 0.3 is 11.9 Å². The van der Waals surface area contributed by atoms with E-state index in [1.807, 2.05) is 0 Å². The van der Waals surface area contributed by atoms with Crippen molar-refractivity contribution in [3.8, 4) is 5.75 Å². The zero-order chi connectivity index (χ0) is 19.3. The van der Waals surface area contributed by atoms with Crippen LogP contribution in [-0.2, 0) is 9.53 Å². The van der Waals surface area contributed by atoms with Crippen LogP contribution in [0.4, 0.5) is 5.69 Å². The number of esters is 2. The fourth-order valence-electron chi connectivity index (χ4n) is 1.95. The molecule has 0 saturated carbocycles. The van der Waals surface area contributed by atoms with Crippen molar-refractivity contribution in [2.24, 2.45) is 0 Å². The summed E-state index contributed by atoms with van der Waals surface area (Å²) in [6.45, 7) is 0.669. The molecule has 2 rings (SSSR count). The maximum Gasteiger partial charge on any atom is 0.340 e. The number of nitrogens with zero attached hydrogens (tertiary/aromatic N) is 1. The number of Topliss-reactive ketones (excluding diaryl/α,β-unsaturated/α-hetero) is 1. The largest absolute Gasteiger partial charge is 0.454 e. The van der Waals surface area contributed by atoms with Crippen LogP contribution in [0.1, 0.15) is 27.6 Å². The maximum atomic E-state index is 12.0. The Kier molecular flexibility index (Phi) is 6.03. The van der Waals surface area contributed by atoms with Crippen molar-refractivity contribution in [1.82, 2.24) is 0 Å². The highest BCUT2D eigenvalue weighted by atomic mass is 35.5. The topological polar surface area (TPSA) is 113 Å². The fourth-order valence-corrected chi connectivity index (χ4v) is 2.14. The lowest BCUT2D eigenvalue weighted by Gasteiger charge is -2.06. The Morgan fingerprint density at radius 1 is 1.12 bits per heavy atom. The molecule has 9 heteroatoms. The molecule has 0 heterocycles. The normalized spacial score (nSPS) is 10.1. The predicted octanol–water partition coefficient (Wildman–Crippen LogP) is 3.21. The molecule has 0 atom stereocenters. The van der Waals surface area contributed by atoms with E-state index in [9.17, 15) is 24.5 Å². The van der Waals surface area contributed by atoms with Gasteiger partial charge in [-0.15, -0.1) is 0 Å². The van der Waals surface area contributed by atoms with E-state index < -0.39 is 29.3 Å². The maximum absolute atomic E-state index is 12.0. The van der Waals surface area contributed by atoms with Gasteiger partial charge in [-0.25, -0.2) is 4.79 Å². The molecule has 134 valence electrons. The van der Waals surface area contributed by atoms with Gasteiger partial charge in [0.15, 0.2) is 12.4 Å². The van der Waals surface area contributed by atoms with Gasteiger partial charge in [-0.3, -0.25) is 19.7 Å². The Hall–Kier alpha value is -3.26. The van der Waals surface area contributed by atoms with Crippen molar-refractivity contribution in [1.29, 1.82) is 0 Å². The van der Waals surface area contributed by atoms with E-state index in [1.165, 1.54) is 37.3 Å². The third-order valence-corrected chi connectivity index (χ3v) is 3.48. The summed E-state index contributed by atoms with van der Waals surface area (Å²) in [4.78, 5) is 45.0. The molecule has 2 aromatic rings. The van der Waals surface area contributed by atoms with E-state index in [2.05, 4.69) is 0 Å². The van der Waals surface area contributed by atoms with E-state index in [-0.39, 0.29) is 27.6 Å². The molecule has 2 aromatic carbocycles. The fraction of sp³-hybridized carbons (Fsp3) is 0.118. The van der Waals surface area contributed by atoms with Gasteiger partial charge in [-0.2, -0.15) is 0 Å². The molecule has 0 radical (unpaired) electrons. The first-order chi connectivity index (χ1) is 12.3. The summed E-state index contributed by atoms with van der Waals surface area (Å²) in [7, 11) is 0. The van der Waals surface area contributed by atoms with Gasteiger partial charge in [0.05, 0.1) is 15.5 Å². The SMILES string of the molecule is CC(=O)Oc1ccc(C(=O)COC(=O)c2cc([N+](=O)[O-])ccc2Cl)cc1. The number of halogens is 1.